The van der Waals surface area contributed by atoms with Gasteiger partial charge in [-0.05, 0) is 12.5 Å². The molecule has 244 valence electrons. The maximum absolute atomic E-state index is 16.3. The van der Waals surface area contributed by atoms with E-state index in [-0.39, 0.29) is 6.42 Å². The van der Waals surface area contributed by atoms with E-state index in [2.05, 4.69) is 0 Å². The van der Waals surface area contributed by atoms with Gasteiger partial charge >= 0.3 is 0 Å². The summed E-state index contributed by atoms with van der Waals surface area (Å²) in [4.78, 5) is 0.457. The number of hydrogen-bond acceptors (Lipinski definition) is 1. The van der Waals surface area contributed by atoms with Crippen LogP contribution < -0.4 is 4.90 Å². The molecule has 1 nitrogen and oxygen atoms in total. The Hall–Kier alpha value is -4.23. The van der Waals surface area contributed by atoms with Gasteiger partial charge in [-0.25, -0.2) is 57.1 Å². The largest absolute Gasteiger partial charge is 0.336 e. The summed E-state index contributed by atoms with van der Waals surface area (Å²) in [5.74, 6) is -30.2. The molecule has 0 fully saturated rings. The second-order valence-corrected chi connectivity index (χ2v) is 10.5. The lowest BCUT2D eigenvalue weighted by atomic mass is 9.97. The molecule has 14 heteroatoms. The van der Waals surface area contributed by atoms with Crippen LogP contribution in [0.1, 0.15) is 45.4 Å². The number of unbranched alkanes of at least 4 members (excludes halogenated alkanes) is 5. The van der Waals surface area contributed by atoms with Gasteiger partial charge in [-0.3, -0.25) is 0 Å². The van der Waals surface area contributed by atoms with E-state index < -0.39 is 126 Å². The molecule has 0 saturated carbocycles. The summed E-state index contributed by atoms with van der Waals surface area (Å²) in [6.45, 7) is 1.35. The molecule has 0 unspecified atom stereocenters. The van der Waals surface area contributed by atoms with Gasteiger partial charge in [0.05, 0.1) is 27.2 Å². The second-order valence-electron chi connectivity index (χ2n) is 10.5. The second kappa shape index (κ2) is 12.5. The van der Waals surface area contributed by atoms with Gasteiger partial charge < -0.3 is 4.90 Å². The van der Waals surface area contributed by atoms with Crippen molar-refractivity contribution < 1.29 is 57.1 Å². The van der Waals surface area contributed by atoms with E-state index in [9.17, 15) is 30.7 Å². The van der Waals surface area contributed by atoms with Gasteiger partial charge in [-0.15, -0.1) is 0 Å². The Labute approximate surface area is 251 Å². The summed E-state index contributed by atoms with van der Waals surface area (Å²) in [7, 11) is 0. The number of hydrogen-bond donors (Lipinski definition) is 0. The minimum absolute atomic E-state index is 0.00862. The van der Waals surface area contributed by atoms with E-state index in [0.29, 0.717) is 17.7 Å². The average molecular weight is 665 g/mol. The van der Waals surface area contributed by atoms with Crippen molar-refractivity contribution in [1.29, 1.82) is 0 Å². The normalized spacial score (nSPS) is 11.9. The number of rotatable bonds is 9. The standard InChI is InChI=1S/C32H20F13N/c1-2-3-4-5-6-7-11-46(13-10-8-9-12-14(13)22(36)28(42)27(41)19(12)33)32-26(40)18-17(25(39)31(32)45)20(34)15-16(21(18)35)24(38)30(44)29(43)23(15)37/h8-10H,2-7,11H2,1H3. The van der Waals surface area contributed by atoms with E-state index in [4.69, 9.17) is 0 Å². The van der Waals surface area contributed by atoms with Crippen LogP contribution in [0.4, 0.5) is 68.5 Å². The topological polar surface area (TPSA) is 3.24 Å². The zero-order valence-corrected chi connectivity index (χ0v) is 23.5. The maximum atomic E-state index is 16.3. The Morgan fingerprint density at radius 3 is 1.39 bits per heavy atom. The highest BCUT2D eigenvalue weighted by molar-refractivity contribution is 6.04. The first kappa shape index (κ1) is 33.1. The molecule has 0 N–H and O–H groups in total. The number of nitrogens with zero attached hydrogens (tertiary/aromatic N) is 1. The van der Waals surface area contributed by atoms with Gasteiger partial charge in [-0.2, -0.15) is 0 Å². The minimum Gasteiger partial charge on any atom is -0.336 e. The molecule has 5 aromatic rings. The van der Waals surface area contributed by atoms with Crippen molar-refractivity contribution in [3.05, 3.63) is 93.8 Å². The van der Waals surface area contributed by atoms with Crippen LogP contribution in [0.2, 0.25) is 0 Å². The first-order chi connectivity index (χ1) is 21.8. The predicted octanol–water partition coefficient (Wildman–Crippen LogP) is 11.5. The zero-order valence-electron chi connectivity index (χ0n) is 23.5. The summed E-state index contributed by atoms with van der Waals surface area (Å²) in [6, 6.07) is 2.65. The molecule has 0 amide bonds. The first-order valence-electron chi connectivity index (χ1n) is 13.9. The summed E-state index contributed by atoms with van der Waals surface area (Å²) in [6.07, 6.45) is 3.28. The fourth-order valence-electron chi connectivity index (χ4n) is 5.59. The summed E-state index contributed by atoms with van der Waals surface area (Å²) in [5.41, 5.74) is -2.35. The van der Waals surface area contributed by atoms with Crippen molar-refractivity contribution in [2.75, 3.05) is 11.4 Å². The van der Waals surface area contributed by atoms with Gasteiger partial charge in [0.15, 0.2) is 64.0 Å². The smallest absolute Gasteiger partial charge is 0.198 e. The van der Waals surface area contributed by atoms with E-state index >= 15 is 26.3 Å². The molecular formula is C32H20F13N. The van der Waals surface area contributed by atoms with E-state index in [1.165, 1.54) is 0 Å². The molecule has 0 bridgehead atoms. The van der Waals surface area contributed by atoms with Crippen LogP contribution in [-0.2, 0) is 0 Å². The van der Waals surface area contributed by atoms with Crippen LogP contribution in [0.3, 0.4) is 0 Å². The Morgan fingerprint density at radius 1 is 0.413 bits per heavy atom. The molecule has 0 heterocycles. The van der Waals surface area contributed by atoms with Gasteiger partial charge in [0, 0.05) is 17.3 Å². The van der Waals surface area contributed by atoms with Gasteiger partial charge in [0.2, 0.25) is 0 Å². The average Bonchev–Trinajstić information content (AvgIpc) is 3.04. The van der Waals surface area contributed by atoms with Crippen LogP contribution in [0.15, 0.2) is 18.2 Å². The predicted molar refractivity (Wildman–Crippen MR) is 145 cm³/mol. The molecule has 5 rings (SSSR count). The number of benzene rings is 5. The van der Waals surface area contributed by atoms with Crippen LogP contribution in [-0.4, -0.2) is 6.54 Å². The third-order valence-corrected chi connectivity index (χ3v) is 7.82. The molecule has 0 aromatic heterocycles. The zero-order chi connectivity index (χ0) is 33.8. The molecule has 0 aliphatic rings. The number of anilines is 2. The lowest BCUT2D eigenvalue weighted by molar-refractivity contribution is 0.414. The van der Waals surface area contributed by atoms with Crippen molar-refractivity contribution in [1.82, 2.24) is 0 Å². The Morgan fingerprint density at radius 2 is 0.848 bits per heavy atom. The Balaban J connectivity index is 1.87. The molecule has 0 aliphatic carbocycles. The molecule has 0 radical (unpaired) electrons. The third-order valence-electron chi connectivity index (χ3n) is 7.82. The molecule has 0 atom stereocenters. The molecule has 0 saturated heterocycles. The fourth-order valence-corrected chi connectivity index (χ4v) is 5.59. The van der Waals surface area contributed by atoms with Gasteiger partial charge in [-0.1, -0.05) is 51.2 Å². The molecule has 0 spiro atoms. The molecule has 46 heavy (non-hydrogen) atoms. The minimum atomic E-state index is -2.61. The summed E-state index contributed by atoms with van der Waals surface area (Å²) in [5, 5.41) is -9.69. The highest BCUT2D eigenvalue weighted by atomic mass is 19.2. The Kier molecular flexibility index (Phi) is 9.02. The quantitative estimate of drug-likeness (QED) is 0.0498. The van der Waals surface area contributed by atoms with Crippen LogP contribution >= 0.6 is 0 Å². The monoisotopic (exact) mass is 665 g/mol. The molecule has 0 aliphatic heterocycles. The number of halogens is 13. The summed E-state index contributed by atoms with van der Waals surface area (Å²) < 4.78 is 194. The van der Waals surface area contributed by atoms with E-state index in [1.807, 2.05) is 6.92 Å². The maximum Gasteiger partial charge on any atom is 0.198 e. The first-order valence-corrected chi connectivity index (χ1v) is 13.9. The van der Waals surface area contributed by atoms with Crippen molar-refractivity contribution in [3.8, 4) is 0 Å². The van der Waals surface area contributed by atoms with Gasteiger partial charge in [0.25, 0.3) is 0 Å². The van der Waals surface area contributed by atoms with Crippen molar-refractivity contribution in [2.24, 2.45) is 0 Å². The van der Waals surface area contributed by atoms with Crippen LogP contribution in [0.25, 0.3) is 32.3 Å². The lowest BCUT2D eigenvalue weighted by Crippen LogP contribution is -2.23. The molecule has 5 aromatic carbocycles. The van der Waals surface area contributed by atoms with Crippen LogP contribution in [0, 0.1) is 75.6 Å². The van der Waals surface area contributed by atoms with Crippen molar-refractivity contribution in [3.63, 3.8) is 0 Å². The third kappa shape index (κ3) is 4.96. The van der Waals surface area contributed by atoms with Gasteiger partial charge in [0.1, 0.15) is 17.3 Å². The van der Waals surface area contributed by atoms with E-state index in [1.54, 1.807) is 0 Å². The highest BCUT2D eigenvalue weighted by Gasteiger charge is 2.35. The Bertz CT molecular complexity index is 2040. The lowest BCUT2D eigenvalue weighted by Gasteiger charge is -2.28. The SMILES string of the molecule is CCCCCCCCN(c1c(F)c(F)c2c(F)c3c(F)c(F)c(F)c(F)c3c(F)c2c1F)c1cccc2c(F)c(F)c(F)c(F)c12. The number of fused-ring (bicyclic) bond motifs is 3. The van der Waals surface area contributed by atoms with Crippen molar-refractivity contribution >= 4 is 43.7 Å². The van der Waals surface area contributed by atoms with E-state index in [0.717, 1.165) is 37.5 Å². The fraction of sp³-hybridized carbons (Fsp3) is 0.250. The van der Waals surface area contributed by atoms with Crippen LogP contribution in [0.5, 0.6) is 0 Å². The van der Waals surface area contributed by atoms with Crippen molar-refractivity contribution in [2.45, 2.75) is 45.4 Å². The molecular weight excluding hydrogens is 645 g/mol. The highest BCUT2D eigenvalue weighted by Crippen LogP contribution is 2.45. The summed E-state index contributed by atoms with van der Waals surface area (Å²) >= 11 is 0.